The van der Waals surface area contributed by atoms with E-state index in [2.05, 4.69) is 4.98 Å². The molecule has 84 valence electrons. The molecule has 1 heterocycles. The maximum Gasteiger partial charge on any atom is 0.141 e. The minimum atomic E-state index is 0.382. The molecule has 0 saturated carbocycles. The monoisotopic (exact) mass is 256 g/mol. The van der Waals surface area contributed by atoms with E-state index in [-0.39, 0.29) is 0 Å². The predicted octanol–water partition coefficient (Wildman–Crippen LogP) is 3.13. The second-order valence-electron chi connectivity index (χ2n) is 3.31. The molecule has 3 nitrogen and oxygen atoms in total. The van der Waals surface area contributed by atoms with Crippen molar-refractivity contribution in [2.75, 3.05) is 0 Å². The van der Waals surface area contributed by atoms with E-state index in [0.29, 0.717) is 16.7 Å². The highest BCUT2D eigenvalue weighted by atomic mass is 35.5. The Morgan fingerprint density at radius 1 is 1.38 bits per heavy atom. The lowest BCUT2D eigenvalue weighted by molar-refractivity contribution is 0.0923. The first-order chi connectivity index (χ1) is 7.66. The van der Waals surface area contributed by atoms with Crippen molar-refractivity contribution < 1.29 is 4.84 Å². The molecule has 0 saturated heterocycles. The number of imidazole rings is 1. The lowest BCUT2D eigenvalue weighted by Gasteiger charge is -2.09. The summed E-state index contributed by atoms with van der Waals surface area (Å²) in [6.07, 6.45) is 3.43. The number of aromatic nitrogens is 2. The Balaban J connectivity index is 2.08. The second-order valence-corrected chi connectivity index (χ2v) is 4.15. The number of rotatable bonds is 3. The van der Waals surface area contributed by atoms with Gasteiger partial charge in [-0.1, -0.05) is 29.3 Å². The average Bonchev–Trinajstić information content (AvgIpc) is 2.63. The summed E-state index contributed by atoms with van der Waals surface area (Å²) in [6, 6.07) is 5.33. The third-order valence-corrected chi connectivity index (χ3v) is 2.74. The Labute approximate surface area is 104 Å². The summed E-state index contributed by atoms with van der Waals surface area (Å²) < 4.78 is 1.60. The van der Waals surface area contributed by atoms with Crippen LogP contribution in [0.2, 0.25) is 10.0 Å². The lowest BCUT2D eigenvalue weighted by atomic mass is 10.2. The van der Waals surface area contributed by atoms with Crippen molar-refractivity contribution in [3.8, 4) is 0 Å². The van der Waals surface area contributed by atoms with Gasteiger partial charge in [-0.25, -0.2) is 4.98 Å². The molecule has 2 aromatic rings. The zero-order chi connectivity index (χ0) is 11.5. The fourth-order valence-electron chi connectivity index (χ4n) is 1.28. The molecule has 2 rings (SSSR count). The van der Waals surface area contributed by atoms with Crippen molar-refractivity contribution in [2.24, 2.45) is 0 Å². The zero-order valence-electron chi connectivity index (χ0n) is 8.65. The van der Waals surface area contributed by atoms with E-state index >= 15 is 0 Å². The number of benzene rings is 1. The smallest absolute Gasteiger partial charge is 0.141 e. The molecule has 1 aromatic carbocycles. The summed E-state index contributed by atoms with van der Waals surface area (Å²) in [5.74, 6) is 0.796. The van der Waals surface area contributed by atoms with Crippen LogP contribution in [0.5, 0.6) is 0 Å². The van der Waals surface area contributed by atoms with Crippen molar-refractivity contribution >= 4 is 23.2 Å². The van der Waals surface area contributed by atoms with E-state index < -0.39 is 0 Å². The highest BCUT2D eigenvalue weighted by molar-refractivity contribution is 6.35. The molecular formula is C11H10Cl2N2O. The lowest BCUT2D eigenvalue weighted by Crippen LogP contribution is -2.11. The van der Waals surface area contributed by atoms with E-state index in [1.807, 2.05) is 13.0 Å². The van der Waals surface area contributed by atoms with Gasteiger partial charge in [0.1, 0.15) is 12.4 Å². The van der Waals surface area contributed by atoms with E-state index in [0.717, 1.165) is 11.4 Å². The molecule has 0 radical (unpaired) electrons. The normalized spacial score (nSPS) is 10.4. The molecule has 0 aliphatic rings. The van der Waals surface area contributed by atoms with Crippen LogP contribution < -0.4 is 4.84 Å². The molecule has 0 unspecified atom stereocenters. The molecule has 0 amide bonds. The van der Waals surface area contributed by atoms with E-state index in [1.165, 1.54) is 0 Å². The molecule has 0 aliphatic heterocycles. The standard InChI is InChI=1S/C11H10Cl2N2O/c1-8-14-4-5-15(8)16-7-9-2-3-10(12)6-11(9)13/h2-6H,7H2,1H3. The Hall–Kier alpha value is -1.19. The predicted molar refractivity (Wildman–Crippen MR) is 63.7 cm³/mol. The fraction of sp³-hybridized carbons (Fsp3) is 0.182. The summed E-state index contributed by atoms with van der Waals surface area (Å²) in [6.45, 7) is 2.25. The van der Waals surface area contributed by atoms with Gasteiger partial charge < -0.3 is 4.84 Å². The maximum atomic E-state index is 6.02. The van der Waals surface area contributed by atoms with Gasteiger partial charge in [-0.2, -0.15) is 4.73 Å². The van der Waals surface area contributed by atoms with Crippen LogP contribution in [0.3, 0.4) is 0 Å². The Morgan fingerprint density at radius 2 is 2.19 bits per heavy atom. The summed E-state index contributed by atoms with van der Waals surface area (Å²) in [5.41, 5.74) is 0.888. The molecule has 0 atom stereocenters. The molecule has 5 heteroatoms. The van der Waals surface area contributed by atoms with E-state index in [9.17, 15) is 0 Å². The largest absolute Gasteiger partial charge is 0.408 e. The van der Waals surface area contributed by atoms with Gasteiger partial charge in [0.15, 0.2) is 0 Å². The van der Waals surface area contributed by atoms with Crippen molar-refractivity contribution in [3.63, 3.8) is 0 Å². The third kappa shape index (κ3) is 2.49. The summed E-state index contributed by atoms with van der Waals surface area (Å²) in [4.78, 5) is 9.56. The average molecular weight is 257 g/mol. The third-order valence-electron chi connectivity index (χ3n) is 2.16. The Bertz CT molecular complexity index is 496. The summed E-state index contributed by atoms with van der Waals surface area (Å²) >= 11 is 11.8. The number of nitrogens with zero attached hydrogens (tertiary/aromatic N) is 2. The fourth-order valence-corrected chi connectivity index (χ4v) is 1.74. The number of hydrogen-bond acceptors (Lipinski definition) is 2. The first-order valence-corrected chi connectivity index (χ1v) is 5.49. The van der Waals surface area contributed by atoms with Gasteiger partial charge in [0.05, 0.1) is 6.20 Å². The van der Waals surface area contributed by atoms with Crippen LogP contribution in [0.4, 0.5) is 0 Å². The van der Waals surface area contributed by atoms with E-state index in [1.54, 1.807) is 29.3 Å². The van der Waals surface area contributed by atoms with Gasteiger partial charge in [0.25, 0.3) is 0 Å². The maximum absolute atomic E-state index is 6.02. The van der Waals surface area contributed by atoms with Crippen LogP contribution >= 0.6 is 23.2 Å². The van der Waals surface area contributed by atoms with Gasteiger partial charge in [0.2, 0.25) is 0 Å². The van der Waals surface area contributed by atoms with Gasteiger partial charge in [0, 0.05) is 21.8 Å². The quantitative estimate of drug-likeness (QED) is 0.844. The highest BCUT2D eigenvalue weighted by Crippen LogP contribution is 2.21. The van der Waals surface area contributed by atoms with Crippen LogP contribution in [-0.4, -0.2) is 9.71 Å². The summed E-state index contributed by atoms with van der Waals surface area (Å²) in [7, 11) is 0. The first kappa shape index (κ1) is 11.3. The minimum Gasteiger partial charge on any atom is -0.408 e. The Morgan fingerprint density at radius 3 is 2.81 bits per heavy atom. The summed E-state index contributed by atoms with van der Waals surface area (Å²) in [5, 5.41) is 1.22. The van der Waals surface area contributed by atoms with Crippen molar-refractivity contribution in [3.05, 3.63) is 52.0 Å². The molecule has 0 spiro atoms. The molecule has 0 fully saturated rings. The number of halogens is 2. The van der Waals surface area contributed by atoms with Gasteiger partial charge in [-0.3, -0.25) is 0 Å². The molecule has 0 N–H and O–H groups in total. The van der Waals surface area contributed by atoms with Gasteiger partial charge in [-0.15, -0.1) is 0 Å². The van der Waals surface area contributed by atoms with Crippen LogP contribution in [-0.2, 0) is 6.61 Å². The molecule has 0 bridgehead atoms. The highest BCUT2D eigenvalue weighted by Gasteiger charge is 2.03. The number of aryl methyl sites for hydroxylation is 1. The molecular weight excluding hydrogens is 247 g/mol. The van der Waals surface area contributed by atoms with Gasteiger partial charge >= 0.3 is 0 Å². The Kier molecular flexibility index (Phi) is 3.36. The van der Waals surface area contributed by atoms with Crippen molar-refractivity contribution in [1.29, 1.82) is 0 Å². The van der Waals surface area contributed by atoms with Crippen LogP contribution in [0.1, 0.15) is 11.4 Å². The zero-order valence-corrected chi connectivity index (χ0v) is 10.2. The topological polar surface area (TPSA) is 27.1 Å². The van der Waals surface area contributed by atoms with Gasteiger partial charge in [-0.05, 0) is 19.1 Å². The first-order valence-electron chi connectivity index (χ1n) is 4.74. The molecule has 0 aliphatic carbocycles. The minimum absolute atomic E-state index is 0.382. The number of hydrogen-bond donors (Lipinski definition) is 0. The van der Waals surface area contributed by atoms with E-state index in [4.69, 9.17) is 28.0 Å². The van der Waals surface area contributed by atoms with Crippen molar-refractivity contribution in [2.45, 2.75) is 13.5 Å². The molecule has 16 heavy (non-hydrogen) atoms. The SMILES string of the molecule is Cc1nccn1OCc1ccc(Cl)cc1Cl. The van der Waals surface area contributed by atoms with Crippen LogP contribution in [0.15, 0.2) is 30.6 Å². The second kappa shape index (κ2) is 4.76. The van der Waals surface area contributed by atoms with Crippen LogP contribution in [0, 0.1) is 6.92 Å². The molecule has 1 aromatic heterocycles. The van der Waals surface area contributed by atoms with Crippen LogP contribution in [0.25, 0.3) is 0 Å². The van der Waals surface area contributed by atoms with Crippen molar-refractivity contribution in [1.82, 2.24) is 9.71 Å².